The van der Waals surface area contributed by atoms with Gasteiger partial charge in [0.25, 0.3) is 0 Å². The molecule has 0 spiro atoms. The van der Waals surface area contributed by atoms with Gasteiger partial charge in [-0.2, -0.15) is 0 Å². The van der Waals surface area contributed by atoms with Crippen molar-refractivity contribution in [1.29, 1.82) is 0 Å². The molecule has 0 radical (unpaired) electrons. The molecule has 21 heavy (non-hydrogen) atoms. The number of anilines is 1. The van der Waals surface area contributed by atoms with Gasteiger partial charge in [-0.3, -0.25) is 4.79 Å². The van der Waals surface area contributed by atoms with Crippen LogP contribution in [0.25, 0.3) is 0 Å². The van der Waals surface area contributed by atoms with Crippen LogP contribution in [0, 0.1) is 5.82 Å². The number of nitrogens with one attached hydrogen (secondary N) is 1. The molecular weight excluding hydrogens is 332 g/mol. The highest BCUT2D eigenvalue weighted by molar-refractivity contribution is 7.99. The molecule has 0 unspecified atom stereocenters. The normalized spacial score (nSPS) is 10.4. The van der Waals surface area contributed by atoms with Crippen molar-refractivity contribution in [3.05, 3.63) is 63.9 Å². The fourth-order valence-corrected chi connectivity index (χ4v) is 2.94. The number of halogens is 3. The number of hydrogen-bond donors (Lipinski definition) is 1. The Morgan fingerprint density at radius 3 is 2.52 bits per heavy atom. The molecule has 0 aliphatic rings. The van der Waals surface area contributed by atoms with E-state index in [-0.39, 0.29) is 17.5 Å². The van der Waals surface area contributed by atoms with Crippen molar-refractivity contribution in [2.45, 2.75) is 5.75 Å². The summed E-state index contributed by atoms with van der Waals surface area (Å²) in [5.41, 5.74) is 1.09. The van der Waals surface area contributed by atoms with Gasteiger partial charge in [-0.05, 0) is 36.4 Å². The molecule has 2 aromatic rings. The predicted molar refractivity (Wildman–Crippen MR) is 87.7 cm³/mol. The molecule has 2 rings (SSSR count). The maximum Gasteiger partial charge on any atom is 0.234 e. The van der Waals surface area contributed by atoms with Gasteiger partial charge >= 0.3 is 0 Å². The molecule has 0 aliphatic heterocycles. The lowest BCUT2D eigenvalue weighted by molar-refractivity contribution is -0.113. The van der Waals surface area contributed by atoms with E-state index >= 15 is 0 Å². The van der Waals surface area contributed by atoms with E-state index in [0.29, 0.717) is 27.0 Å². The van der Waals surface area contributed by atoms with E-state index < -0.39 is 0 Å². The Morgan fingerprint density at radius 1 is 1.14 bits per heavy atom. The van der Waals surface area contributed by atoms with Crippen LogP contribution in [0.15, 0.2) is 42.5 Å². The fourth-order valence-electron chi connectivity index (χ4n) is 1.65. The molecule has 0 heterocycles. The van der Waals surface area contributed by atoms with Gasteiger partial charge in [-0.15, -0.1) is 11.8 Å². The van der Waals surface area contributed by atoms with Crippen molar-refractivity contribution in [3.63, 3.8) is 0 Å². The van der Waals surface area contributed by atoms with Crippen molar-refractivity contribution < 1.29 is 9.18 Å². The van der Waals surface area contributed by atoms with Crippen LogP contribution in [0.2, 0.25) is 10.0 Å². The van der Waals surface area contributed by atoms with Crippen molar-refractivity contribution in [1.82, 2.24) is 0 Å². The number of rotatable bonds is 5. The van der Waals surface area contributed by atoms with Crippen LogP contribution in [0.1, 0.15) is 5.56 Å². The Bertz CT molecular complexity index is 614. The molecule has 110 valence electrons. The van der Waals surface area contributed by atoms with E-state index in [9.17, 15) is 9.18 Å². The van der Waals surface area contributed by atoms with Crippen molar-refractivity contribution in [3.8, 4) is 0 Å². The van der Waals surface area contributed by atoms with E-state index in [1.54, 1.807) is 36.4 Å². The van der Waals surface area contributed by atoms with Crippen LogP contribution < -0.4 is 5.32 Å². The summed E-state index contributed by atoms with van der Waals surface area (Å²) in [6.07, 6.45) is 0. The van der Waals surface area contributed by atoms with Gasteiger partial charge in [0, 0.05) is 27.0 Å². The molecule has 2 aromatic carbocycles. The zero-order valence-corrected chi connectivity index (χ0v) is 13.2. The minimum Gasteiger partial charge on any atom is -0.325 e. The first kappa shape index (κ1) is 16.1. The van der Waals surface area contributed by atoms with Crippen LogP contribution >= 0.6 is 35.0 Å². The summed E-state index contributed by atoms with van der Waals surface area (Å²) in [7, 11) is 0. The molecular formula is C15H12Cl2FNOS. The summed E-state index contributed by atoms with van der Waals surface area (Å²) in [6.45, 7) is 0. The fraction of sp³-hybridized carbons (Fsp3) is 0.133. The summed E-state index contributed by atoms with van der Waals surface area (Å²) < 4.78 is 13.5. The van der Waals surface area contributed by atoms with Crippen LogP contribution in [0.4, 0.5) is 10.1 Å². The summed E-state index contributed by atoms with van der Waals surface area (Å²) >= 11 is 13.0. The van der Waals surface area contributed by atoms with E-state index in [2.05, 4.69) is 5.32 Å². The number of hydrogen-bond acceptors (Lipinski definition) is 2. The molecule has 2 nitrogen and oxygen atoms in total. The van der Waals surface area contributed by atoms with Crippen molar-refractivity contribution in [2.24, 2.45) is 0 Å². The number of benzene rings is 2. The molecule has 1 amide bonds. The zero-order chi connectivity index (χ0) is 15.2. The maximum atomic E-state index is 13.5. The Labute approximate surface area is 136 Å². The zero-order valence-electron chi connectivity index (χ0n) is 10.9. The SMILES string of the molecule is O=C(CSCc1c(F)cccc1Cl)Nc1ccc(Cl)cc1. The van der Waals surface area contributed by atoms with Crippen molar-refractivity contribution in [2.75, 3.05) is 11.1 Å². The average Bonchev–Trinajstić information content (AvgIpc) is 2.45. The third-order valence-corrected chi connectivity index (χ3v) is 4.23. The van der Waals surface area contributed by atoms with E-state index in [4.69, 9.17) is 23.2 Å². The van der Waals surface area contributed by atoms with Crippen LogP contribution in [0.3, 0.4) is 0 Å². The lowest BCUT2D eigenvalue weighted by Gasteiger charge is -2.07. The third-order valence-electron chi connectivity index (χ3n) is 2.67. The van der Waals surface area contributed by atoms with Gasteiger partial charge in [0.1, 0.15) is 5.82 Å². The first-order chi connectivity index (χ1) is 10.1. The Balaban J connectivity index is 1.83. The summed E-state index contributed by atoms with van der Waals surface area (Å²) in [6, 6.07) is 11.4. The number of amides is 1. The third kappa shape index (κ3) is 4.92. The first-order valence-corrected chi connectivity index (χ1v) is 8.03. The highest BCUT2D eigenvalue weighted by atomic mass is 35.5. The topological polar surface area (TPSA) is 29.1 Å². The highest BCUT2D eigenvalue weighted by Gasteiger charge is 2.08. The van der Waals surface area contributed by atoms with Crippen LogP contribution in [-0.2, 0) is 10.5 Å². The Morgan fingerprint density at radius 2 is 1.86 bits per heavy atom. The number of thioether (sulfide) groups is 1. The smallest absolute Gasteiger partial charge is 0.234 e. The molecule has 0 saturated carbocycles. The minimum atomic E-state index is -0.354. The summed E-state index contributed by atoms with van der Waals surface area (Å²) in [5.74, 6) is 0.0511. The molecule has 1 N–H and O–H groups in total. The van der Waals surface area contributed by atoms with Crippen molar-refractivity contribution >= 4 is 46.6 Å². The van der Waals surface area contributed by atoms with Gasteiger partial charge in [0.15, 0.2) is 0 Å². The van der Waals surface area contributed by atoms with Crippen LogP contribution in [-0.4, -0.2) is 11.7 Å². The molecule has 0 saturated heterocycles. The Kier molecular flexibility index (Phi) is 5.91. The summed E-state index contributed by atoms with van der Waals surface area (Å²) in [5, 5.41) is 3.72. The molecule has 0 fully saturated rings. The van der Waals surface area contributed by atoms with Gasteiger partial charge in [-0.25, -0.2) is 4.39 Å². The van der Waals surface area contributed by atoms with Gasteiger partial charge in [0.05, 0.1) is 5.75 Å². The molecule has 0 aromatic heterocycles. The standard InChI is InChI=1S/C15H12Cl2FNOS/c16-10-4-6-11(7-5-10)19-15(20)9-21-8-12-13(17)2-1-3-14(12)18/h1-7H,8-9H2,(H,19,20). The lowest BCUT2D eigenvalue weighted by atomic mass is 10.2. The molecule has 0 atom stereocenters. The minimum absolute atomic E-state index is 0.158. The van der Waals surface area contributed by atoms with Crippen LogP contribution in [0.5, 0.6) is 0 Å². The van der Waals surface area contributed by atoms with E-state index in [1.165, 1.54) is 17.8 Å². The second-order valence-corrected chi connectivity index (χ2v) is 6.08. The monoisotopic (exact) mass is 343 g/mol. The predicted octanol–water partition coefficient (Wildman–Crippen LogP) is 5.00. The van der Waals surface area contributed by atoms with E-state index in [1.807, 2.05) is 0 Å². The largest absolute Gasteiger partial charge is 0.325 e. The second kappa shape index (κ2) is 7.69. The summed E-state index contributed by atoms with van der Waals surface area (Å²) in [4.78, 5) is 11.8. The molecule has 0 bridgehead atoms. The lowest BCUT2D eigenvalue weighted by Crippen LogP contribution is -2.14. The second-order valence-electron chi connectivity index (χ2n) is 4.25. The van der Waals surface area contributed by atoms with Gasteiger partial charge in [-0.1, -0.05) is 29.3 Å². The number of carbonyl (C=O) groups is 1. The maximum absolute atomic E-state index is 13.5. The first-order valence-electron chi connectivity index (χ1n) is 6.12. The molecule has 6 heteroatoms. The average molecular weight is 344 g/mol. The van der Waals surface area contributed by atoms with E-state index in [0.717, 1.165) is 0 Å². The highest BCUT2D eigenvalue weighted by Crippen LogP contribution is 2.24. The van der Waals surface area contributed by atoms with Gasteiger partial charge in [0.2, 0.25) is 5.91 Å². The Hall–Kier alpha value is -1.23. The molecule has 0 aliphatic carbocycles. The number of carbonyl (C=O) groups excluding carboxylic acids is 1. The van der Waals surface area contributed by atoms with Gasteiger partial charge < -0.3 is 5.32 Å². The quantitative estimate of drug-likeness (QED) is 0.827.